The van der Waals surface area contributed by atoms with Crippen molar-refractivity contribution in [3.63, 3.8) is 0 Å². The Morgan fingerprint density at radius 1 is 1.21 bits per heavy atom. The van der Waals surface area contributed by atoms with Crippen molar-refractivity contribution in [1.82, 2.24) is 0 Å². The van der Waals surface area contributed by atoms with E-state index in [1.807, 2.05) is 24.3 Å². The molecule has 0 fully saturated rings. The van der Waals surface area contributed by atoms with Crippen LogP contribution in [0.1, 0.15) is 0 Å². The molecule has 0 unspecified atom stereocenters. The molecule has 0 N–H and O–H groups in total. The molecular formula is C11H6N2O. The molecule has 2 aromatic rings. The van der Waals surface area contributed by atoms with Crippen LogP contribution in [-0.2, 0) is 0 Å². The Bertz CT molecular complexity index is 586. The van der Waals surface area contributed by atoms with Crippen LogP contribution >= 0.6 is 0 Å². The Morgan fingerprint density at radius 2 is 2.14 bits per heavy atom. The second kappa shape index (κ2) is 2.69. The summed E-state index contributed by atoms with van der Waals surface area (Å²) >= 11 is 0. The molecular weight excluding hydrogens is 176 g/mol. The van der Waals surface area contributed by atoms with Crippen LogP contribution < -0.4 is 0 Å². The first-order chi connectivity index (χ1) is 6.95. The summed E-state index contributed by atoms with van der Waals surface area (Å²) in [5.74, 6) is 3.25. The predicted molar refractivity (Wildman–Crippen MR) is 56.0 cm³/mol. The van der Waals surface area contributed by atoms with E-state index in [2.05, 4.69) is 15.9 Å². The van der Waals surface area contributed by atoms with Gasteiger partial charge in [0.15, 0.2) is 0 Å². The van der Waals surface area contributed by atoms with E-state index in [0.717, 1.165) is 16.7 Å². The van der Waals surface area contributed by atoms with E-state index in [1.165, 1.54) is 0 Å². The smallest absolute Gasteiger partial charge is 0.254 e. The van der Waals surface area contributed by atoms with Gasteiger partial charge in [-0.3, -0.25) is 0 Å². The zero-order chi connectivity index (χ0) is 9.38. The molecule has 0 saturated heterocycles. The zero-order valence-electron chi connectivity index (χ0n) is 7.27. The molecule has 14 heavy (non-hydrogen) atoms. The van der Waals surface area contributed by atoms with Crippen molar-refractivity contribution in [3.8, 4) is 0 Å². The quantitative estimate of drug-likeness (QED) is 0.617. The van der Waals surface area contributed by atoms with Crippen molar-refractivity contribution >= 4 is 34.6 Å². The minimum Gasteiger partial charge on any atom is -0.436 e. The molecule has 3 heteroatoms. The third-order valence-electron chi connectivity index (χ3n) is 2.07. The summed E-state index contributed by atoms with van der Waals surface area (Å²) in [6, 6.07) is 7.75. The lowest BCUT2D eigenvalue weighted by molar-refractivity contribution is 0.627. The molecule has 0 spiro atoms. The first-order valence-electron chi connectivity index (χ1n) is 4.29. The predicted octanol–water partition coefficient (Wildman–Crippen LogP) is 3.01. The maximum atomic E-state index is 5.51. The summed E-state index contributed by atoms with van der Waals surface area (Å²) in [6.45, 7) is 0. The highest BCUT2D eigenvalue weighted by molar-refractivity contribution is 5.99. The molecule has 3 rings (SSSR count). The number of aliphatic imine (C=N–C) groups is 2. The molecule has 66 valence electrons. The highest BCUT2D eigenvalue weighted by Gasteiger charge is 2.11. The molecule has 1 aromatic carbocycles. The molecule has 0 aliphatic carbocycles. The van der Waals surface area contributed by atoms with E-state index in [9.17, 15) is 0 Å². The Balaban J connectivity index is 2.46. The largest absolute Gasteiger partial charge is 0.436 e. The number of benzene rings is 1. The van der Waals surface area contributed by atoms with Crippen LogP contribution in [0, 0.1) is 0 Å². The summed E-state index contributed by atoms with van der Waals surface area (Å²) in [4.78, 5) is 8.27. The van der Waals surface area contributed by atoms with E-state index < -0.39 is 0 Å². The van der Waals surface area contributed by atoms with E-state index in [4.69, 9.17) is 4.42 Å². The fourth-order valence-corrected chi connectivity index (χ4v) is 1.46. The van der Waals surface area contributed by atoms with Gasteiger partial charge in [0.05, 0.1) is 0 Å². The SMILES string of the molecule is C1=CC=Nc2c(oc3ccccc23)N=1. The molecule has 3 nitrogen and oxygen atoms in total. The number of hydrogen-bond acceptors (Lipinski definition) is 3. The molecule has 1 aliphatic heterocycles. The highest BCUT2D eigenvalue weighted by atomic mass is 16.3. The first kappa shape index (κ1) is 7.30. The van der Waals surface area contributed by atoms with Crippen molar-refractivity contribution in [3.05, 3.63) is 30.3 Å². The van der Waals surface area contributed by atoms with Crippen LogP contribution in [0.5, 0.6) is 0 Å². The van der Waals surface area contributed by atoms with Crippen molar-refractivity contribution in [2.24, 2.45) is 9.98 Å². The van der Waals surface area contributed by atoms with E-state index >= 15 is 0 Å². The van der Waals surface area contributed by atoms with Crippen LogP contribution in [-0.4, -0.2) is 12.1 Å². The van der Waals surface area contributed by atoms with Gasteiger partial charge in [-0.05, 0) is 18.0 Å². The topological polar surface area (TPSA) is 37.9 Å². The monoisotopic (exact) mass is 182 g/mol. The number of allylic oxidation sites excluding steroid dienone is 1. The second-order valence-electron chi connectivity index (χ2n) is 2.94. The van der Waals surface area contributed by atoms with Gasteiger partial charge in [-0.1, -0.05) is 12.1 Å². The third-order valence-corrected chi connectivity index (χ3v) is 2.07. The van der Waals surface area contributed by atoms with Gasteiger partial charge < -0.3 is 4.42 Å². The average molecular weight is 182 g/mol. The maximum Gasteiger partial charge on any atom is 0.254 e. The molecule has 1 aromatic heterocycles. The summed E-state index contributed by atoms with van der Waals surface area (Å²) in [5.41, 5.74) is 1.59. The standard InChI is InChI=1S/C11H6N2O/c1-2-5-9-8(4-1)10-11(14-9)13-7-3-6-12-10/h1-6H. The number of nitrogens with zero attached hydrogens (tertiary/aromatic N) is 2. The molecule has 0 radical (unpaired) electrons. The van der Waals surface area contributed by atoms with Gasteiger partial charge in [0, 0.05) is 17.7 Å². The fourth-order valence-electron chi connectivity index (χ4n) is 1.46. The van der Waals surface area contributed by atoms with Gasteiger partial charge >= 0.3 is 0 Å². The summed E-state index contributed by atoms with van der Waals surface area (Å²) in [7, 11) is 0. The second-order valence-corrected chi connectivity index (χ2v) is 2.94. The lowest BCUT2D eigenvalue weighted by Crippen LogP contribution is -1.64. The van der Waals surface area contributed by atoms with E-state index in [1.54, 1.807) is 12.3 Å². The van der Waals surface area contributed by atoms with Crippen molar-refractivity contribution in [2.75, 3.05) is 0 Å². The number of fused-ring (bicyclic) bond motifs is 3. The van der Waals surface area contributed by atoms with Gasteiger partial charge in [0.2, 0.25) is 0 Å². The Labute approximate surface area is 80.1 Å². The van der Waals surface area contributed by atoms with Gasteiger partial charge in [0.25, 0.3) is 5.88 Å². The zero-order valence-corrected chi connectivity index (χ0v) is 7.27. The molecule has 0 amide bonds. The van der Waals surface area contributed by atoms with Crippen molar-refractivity contribution in [1.29, 1.82) is 0 Å². The lowest BCUT2D eigenvalue weighted by Gasteiger charge is -1.86. The maximum absolute atomic E-state index is 5.51. The summed E-state index contributed by atoms with van der Waals surface area (Å²) in [6.07, 6.45) is 3.32. The lowest BCUT2D eigenvalue weighted by atomic mass is 10.2. The number of hydrogen-bond donors (Lipinski definition) is 0. The van der Waals surface area contributed by atoms with Gasteiger partial charge in [-0.15, -0.1) is 0 Å². The Hall–Kier alpha value is -2.12. The van der Waals surface area contributed by atoms with E-state index in [-0.39, 0.29) is 0 Å². The number of para-hydroxylation sites is 1. The molecule has 2 heterocycles. The van der Waals surface area contributed by atoms with Gasteiger partial charge in [-0.2, -0.15) is 4.99 Å². The number of furan rings is 1. The van der Waals surface area contributed by atoms with Gasteiger partial charge in [-0.25, -0.2) is 4.99 Å². The van der Waals surface area contributed by atoms with Crippen molar-refractivity contribution in [2.45, 2.75) is 0 Å². The average Bonchev–Trinajstić information content (AvgIpc) is 2.42. The van der Waals surface area contributed by atoms with Crippen LogP contribution in [0.3, 0.4) is 0 Å². The van der Waals surface area contributed by atoms with Crippen LogP contribution in [0.2, 0.25) is 0 Å². The Morgan fingerprint density at radius 3 is 3.14 bits per heavy atom. The molecule has 1 aliphatic rings. The fraction of sp³-hybridized carbons (Fsp3) is 0. The first-order valence-corrected chi connectivity index (χ1v) is 4.29. The minimum absolute atomic E-state index is 0.524. The third kappa shape index (κ3) is 0.934. The van der Waals surface area contributed by atoms with Crippen LogP contribution in [0.4, 0.5) is 11.6 Å². The molecule has 0 bridgehead atoms. The van der Waals surface area contributed by atoms with E-state index in [0.29, 0.717) is 5.88 Å². The number of rotatable bonds is 0. The summed E-state index contributed by atoms with van der Waals surface area (Å²) < 4.78 is 5.51. The minimum atomic E-state index is 0.524. The van der Waals surface area contributed by atoms with Crippen LogP contribution in [0.25, 0.3) is 11.0 Å². The van der Waals surface area contributed by atoms with Gasteiger partial charge in [0.1, 0.15) is 11.3 Å². The van der Waals surface area contributed by atoms with Crippen LogP contribution in [0.15, 0.2) is 44.7 Å². The summed E-state index contributed by atoms with van der Waals surface area (Å²) in [5, 5.41) is 0.986. The molecule has 0 atom stereocenters. The Kier molecular flexibility index (Phi) is 1.40. The molecule has 0 saturated carbocycles. The highest BCUT2D eigenvalue weighted by Crippen LogP contribution is 2.39. The van der Waals surface area contributed by atoms with Crippen molar-refractivity contribution < 1.29 is 4.42 Å². The normalized spacial score (nSPS) is 13.1.